The molecule has 1 fully saturated rings. The zero-order valence-corrected chi connectivity index (χ0v) is 16.3. The predicted octanol–water partition coefficient (Wildman–Crippen LogP) is 4.22. The minimum atomic E-state index is -0.241. The van der Waals surface area contributed by atoms with Gasteiger partial charge in [0.25, 0.3) is 5.91 Å². The monoisotopic (exact) mass is 394 g/mol. The molecular formula is C22H23ClN4O. The van der Waals surface area contributed by atoms with Gasteiger partial charge in [-0.05, 0) is 48.9 Å². The Balaban J connectivity index is 1.56. The van der Waals surface area contributed by atoms with Crippen molar-refractivity contribution in [2.75, 3.05) is 24.1 Å². The van der Waals surface area contributed by atoms with Gasteiger partial charge in [0.05, 0.1) is 10.7 Å². The lowest BCUT2D eigenvalue weighted by molar-refractivity contribution is -0.128. The van der Waals surface area contributed by atoms with Crippen molar-refractivity contribution in [2.24, 2.45) is 5.92 Å². The van der Waals surface area contributed by atoms with Crippen LogP contribution in [0, 0.1) is 17.2 Å². The summed E-state index contributed by atoms with van der Waals surface area (Å²) in [6, 6.07) is 17.5. The lowest BCUT2D eigenvalue weighted by Crippen LogP contribution is -2.39. The van der Waals surface area contributed by atoms with Gasteiger partial charge < -0.3 is 16.0 Å². The van der Waals surface area contributed by atoms with Gasteiger partial charge in [-0.2, -0.15) is 5.26 Å². The molecule has 0 saturated carbocycles. The largest absolute Gasteiger partial charge is 0.398 e. The number of nitrogens with two attached hydrogens (primary N) is 1. The first-order valence-electron chi connectivity index (χ1n) is 9.32. The summed E-state index contributed by atoms with van der Waals surface area (Å²) < 4.78 is 0. The van der Waals surface area contributed by atoms with Crippen molar-refractivity contribution in [1.29, 1.82) is 5.26 Å². The van der Waals surface area contributed by atoms with Crippen LogP contribution in [0.5, 0.6) is 0 Å². The minimum absolute atomic E-state index is 0.0782. The summed E-state index contributed by atoms with van der Waals surface area (Å²) in [5, 5.41) is 12.8. The van der Waals surface area contributed by atoms with Gasteiger partial charge in [0.2, 0.25) is 0 Å². The number of halogens is 1. The number of nitrogens with zero attached hydrogens (tertiary/aromatic N) is 2. The van der Waals surface area contributed by atoms with E-state index in [-0.39, 0.29) is 11.5 Å². The molecule has 1 heterocycles. The molecule has 0 spiro atoms. The molecule has 0 bridgehead atoms. The normalized spacial score (nSPS) is 15.1. The molecule has 1 amide bonds. The molecule has 1 aliphatic heterocycles. The Bertz CT molecular complexity index is 896. The van der Waals surface area contributed by atoms with E-state index in [0.29, 0.717) is 35.4 Å². The number of hydrogen-bond acceptors (Lipinski definition) is 4. The highest BCUT2D eigenvalue weighted by Gasteiger charge is 2.25. The zero-order chi connectivity index (χ0) is 19.9. The standard InChI is InChI=1S/C22H23ClN4O/c23-20-13-19(6-7-21(20)25)26-15-18(14-24)22(28)27-10-8-17(9-11-27)12-16-4-2-1-3-5-16/h1-7,13,15,17,26H,8-12,25H2/b18-15-. The number of amides is 1. The third-order valence-electron chi connectivity index (χ3n) is 5.00. The number of carbonyl (C=O) groups excluding carboxylic acids is 1. The van der Waals surface area contributed by atoms with Crippen LogP contribution in [0.15, 0.2) is 60.3 Å². The van der Waals surface area contributed by atoms with Crippen LogP contribution in [0.3, 0.4) is 0 Å². The second kappa shape index (κ2) is 9.29. The predicted molar refractivity (Wildman–Crippen MR) is 113 cm³/mol. The van der Waals surface area contributed by atoms with Crippen molar-refractivity contribution in [2.45, 2.75) is 19.3 Å². The van der Waals surface area contributed by atoms with E-state index in [0.717, 1.165) is 19.3 Å². The number of rotatable bonds is 5. The second-order valence-electron chi connectivity index (χ2n) is 6.98. The Morgan fingerprint density at radius 2 is 1.96 bits per heavy atom. The van der Waals surface area contributed by atoms with Crippen LogP contribution < -0.4 is 11.1 Å². The molecule has 1 saturated heterocycles. The third kappa shape index (κ3) is 5.05. The summed E-state index contributed by atoms with van der Waals surface area (Å²) >= 11 is 5.99. The van der Waals surface area contributed by atoms with Gasteiger partial charge in [-0.25, -0.2) is 0 Å². The van der Waals surface area contributed by atoms with Crippen molar-refractivity contribution < 1.29 is 4.79 Å². The first-order valence-corrected chi connectivity index (χ1v) is 9.69. The highest BCUT2D eigenvalue weighted by atomic mass is 35.5. The molecule has 1 aliphatic rings. The van der Waals surface area contributed by atoms with Crippen molar-refractivity contribution in [3.05, 3.63) is 70.9 Å². The Labute approximate surface area is 170 Å². The summed E-state index contributed by atoms with van der Waals surface area (Å²) in [5.74, 6) is 0.325. The molecular weight excluding hydrogens is 372 g/mol. The summed E-state index contributed by atoms with van der Waals surface area (Å²) in [4.78, 5) is 14.4. The van der Waals surface area contributed by atoms with Crippen molar-refractivity contribution in [3.8, 4) is 6.07 Å². The lowest BCUT2D eigenvalue weighted by Gasteiger charge is -2.32. The Morgan fingerprint density at radius 1 is 1.25 bits per heavy atom. The van der Waals surface area contributed by atoms with Crippen LogP contribution in [-0.2, 0) is 11.2 Å². The fraction of sp³-hybridized carbons (Fsp3) is 0.273. The fourth-order valence-electron chi connectivity index (χ4n) is 3.37. The molecule has 0 aliphatic carbocycles. The Morgan fingerprint density at radius 3 is 2.61 bits per heavy atom. The number of piperidine rings is 1. The number of likely N-dealkylation sites (tertiary alicyclic amines) is 1. The van der Waals surface area contributed by atoms with Gasteiger partial charge in [0, 0.05) is 25.0 Å². The molecule has 3 rings (SSSR count). The van der Waals surface area contributed by atoms with E-state index >= 15 is 0 Å². The van der Waals surface area contributed by atoms with E-state index in [1.54, 1.807) is 23.1 Å². The summed E-state index contributed by atoms with van der Waals surface area (Å²) in [6.07, 6.45) is 4.35. The third-order valence-corrected chi connectivity index (χ3v) is 5.33. The number of nitriles is 1. The van der Waals surface area contributed by atoms with Gasteiger partial charge in [0.1, 0.15) is 11.6 Å². The molecule has 6 heteroatoms. The van der Waals surface area contributed by atoms with E-state index in [4.69, 9.17) is 17.3 Å². The SMILES string of the molecule is N#C/C(=C/Nc1ccc(N)c(Cl)c1)C(=O)N1CCC(Cc2ccccc2)CC1. The van der Waals surface area contributed by atoms with Gasteiger partial charge >= 0.3 is 0 Å². The van der Waals surface area contributed by atoms with E-state index < -0.39 is 0 Å². The summed E-state index contributed by atoms with van der Waals surface area (Å²) in [6.45, 7) is 1.34. The first-order chi connectivity index (χ1) is 13.6. The highest BCUT2D eigenvalue weighted by Crippen LogP contribution is 2.24. The maximum absolute atomic E-state index is 12.7. The first kappa shape index (κ1) is 19.8. The summed E-state index contributed by atoms with van der Waals surface area (Å²) in [5.41, 5.74) is 8.24. The molecule has 0 radical (unpaired) electrons. The fourth-order valence-corrected chi connectivity index (χ4v) is 3.55. The minimum Gasteiger partial charge on any atom is -0.398 e. The molecule has 0 atom stereocenters. The highest BCUT2D eigenvalue weighted by molar-refractivity contribution is 6.33. The van der Waals surface area contributed by atoms with Crippen LogP contribution in [0.25, 0.3) is 0 Å². The van der Waals surface area contributed by atoms with Crippen LogP contribution >= 0.6 is 11.6 Å². The Kier molecular flexibility index (Phi) is 6.57. The van der Waals surface area contributed by atoms with E-state index in [2.05, 4.69) is 29.6 Å². The van der Waals surface area contributed by atoms with E-state index in [1.807, 2.05) is 12.1 Å². The van der Waals surface area contributed by atoms with Crippen LogP contribution in [-0.4, -0.2) is 23.9 Å². The van der Waals surface area contributed by atoms with Crippen LogP contribution in [0.2, 0.25) is 5.02 Å². The second-order valence-corrected chi connectivity index (χ2v) is 7.38. The van der Waals surface area contributed by atoms with Gasteiger partial charge in [-0.3, -0.25) is 4.79 Å². The van der Waals surface area contributed by atoms with E-state index in [1.165, 1.54) is 11.8 Å². The lowest BCUT2D eigenvalue weighted by atomic mass is 9.90. The van der Waals surface area contributed by atoms with E-state index in [9.17, 15) is 10.1 Å². The number of nitrogens with one attached hydrogen (secondary N) is 1. The Hall–Kier alpha value is -2.97. The number of hydrogen-bond donors (Lipinski definition) is 2. The maximum Gasteiger partial charge on any atom is 0.266 e. The molecule has 2 aromatic rings. The maximum atomic E-state index is 12.7. The zero-order valence-electron chi connectivity index (χ0n) is 15.6. The van der Waals surface area contributed by atoms with Crippen molar-refractivity contribution in [3.63, 3.8) is 0 Å². The molecule has 144 valence electrons. The van der Waals surface area contributed by atoms with Crippen molar-refractivity contribution >= 4 is 28.9 Å². The van der Waals surface area contributed by atoms with Gasteiger partial charge in [-0.15, -0.1) is 0 Å². The smallest absolute Gasteiger partial charge is 0.266 e. The average Bonchev–Trinajstić information content (AvgIpc) is 2.72. The molecule has 28 heavy (non-hydrogen) atoms. The number of anilines is 2. The number of benzene rings is 2. The van der Waals surface area contributed by atoms with Gasteiger partial charge in [-0.1, -0.05) is 41.9 Å². The number of nitrogen functional groups attached to an aromatic ring is 1. The molecule has 0 aromatic heterocycles. The van der Waals surface area contributed by atoms with Gasteiger partial charge in [0.15, 0.2) is 0 Å². The average molecular weight is 395 g/mol. The molecule has 2 aromatic carbocycles. The molecule has 0 unspecified atom stereocenters. The molecule has 5 nitrogen and oxygen atoms in total. The van der Waals surface area contributed by atoms with Crippen LogP contribution in [0.1, 0.15) is 18.4 Å². The number of carbonyl (C=O) groups is 1. The van der Waals surface area contributed by atoms with Crippen molar-refractivity contribution in [1.82, 2.24) is 4.90 Å². The quantitative estimate of drug-likeness (QED) is 0.451. The topological polar surface area (TPSA) is 82.1 Å². The molecule has 3 N–H and O–H groups in total. The van der Waals surface area contributed by atoms with Crippen LogP contribution in [0.4, 0.5) is 11.4 Å². The summed E-state index contributed by atoms with van der Waals surface area (Å²) in [7, 11) is 0.